The second-order valence-electron chi connectivity index (χ2n) is 6.31. The van der Waals surface area contributed by atoms with Crippen molar-refractivity contribution in [3.8, 4) is 34.7 Å². The third-order valence-corrected chi connectivity index (χ3v) is 4.47. The lowest BCUT2D eigenvalue weighted by atomic mass is 10.1. The summed E-state index contributed by atoms with van der Waals surface area (Å²) in [6.45, 7) is 0. The summed E-state index contributed by atoms with van der Waals surface area (Å²) in [7, 11) is 0. The van der Waals surface area contributed by atoms with Crippen molar-refractivity contribution in [3.05, 3.63) is 84.8 Å². The first-order valence-electron chi connectivity index (χ1n) is 8.92. The minimum absolute atomic E-state index is 0.550. The molecule has 7 nitrogen and oxygen atoms in total. The maximum Gasteiger partial charge on any atom is 0.182 e. The van der Waals surface area contributed by atoms with Crippen LogP contribution in [0.2, 0.25) is 0 Å². The van der Waals surface area contributed by atoms with Gasteiger partial charge in [0.25, 0.3) is 0 Å². The van der Waals surface area contributed by atoms with Gasteiger partial charge in [0.15, 0.2) is 17.5 Å². The molecule has 5 aromatic rings. The lowest BCUT2D eigenvalue weighted by molar-refractivity contribution is 0.856. The summed E-state index contributed by atoms with van der Waals surface area (Å²) in [5.41, 5.74) is 3.86. The van der Waals surface area contributed by atoms with E-state index in [9.17, 15) is 0 Å². The smallest absolute Gasteiger partial charge is 0.182 e. The van der Waals surface area contributed by atoms with Crippen LogP contribution in [-0.4, -0.2) is 29.7 Å². The van der Waals surface area contributed by atoms with E-state index in [2.05, 4.69) is 26.1 Å². The normalized spacial score (nSPS) is 10.7. The molecule has 2 aromatic carbocycles. The largest absolute Gasteiger partial charge is 0.253 e. The highest BCUT2D eigenvalue weighted by molar-refractivity contribution is 5.80. The SMILES string of the molecule is N#Cc1ccc(-c2nc(-c3ccc4nccnc4c3)n(-c3ccccn3)n2)cc1. The maximum absolute atomic E-state index is 9.03. The van der Waals surface area contributed by atoms with Crippen molar-refractivity contribution in [1.82, 2.24) is 29.7 Å². The number of benzene rings is 2. The first kappa shape index (κ1) is 16.7. The van der Waals surface area contributed by atoms with E-state index in [-0.39, 0.29) is 0 Å². The molecule has 0 aliphatic carbocycles. The predicted octanol–water partition coefficient (Wildman–Crippen LogP) is 3.81. The van der Waals surface area contributed by atoms with Gasteiger partial charge in [-0.05, 0) is 54.6 Å². The van der Waals surface area contributed by atoms with Crippen molar-refractivity contribution < 1.29 is 0 Å². The number of rotatable bonds is 3. The monoisotopic (exact) mass is 375 g/mol. The molecule has 0 radical (unpaired) electrons. The summed E-state index contributed by atoms with van der Waals surface area (Å²) in [4.78, 5) is 17.9. The van der Waals surface area contributed by atoms with Gasteiger partial charge in [-0.25, -0.2) is 9.97 Å². The Hall–Kier alpha value is -4.44. The highest BCUT2D eigenvalue weighted by Crippen LogP contribution is 2.26. The maximum atomic E-state index is 9.03. The lowest BCUT2D eigenvalue weighted by Gasteiger charge is -2.05. The minimum atomic E-state index is 0.550. The lowest BCUT2D eigenvalue weighted by Crippen LogP contribution is -2.02. The van der Waals surface area contributed by atoms with Gasteiger partial charge in [0.05, 0.1) is 22.7 Å². The van der Waals surface area contributed by atoms with E-state index in [1.54, 1.807) is 35.4 Å². The average Bonchev–Trinajstić information content (AvgIpc) is 3.25. The summed E-state index contributed by atoms with van der Waals surface area (Å²) in [5, 5.41) is 13.7. The molecule has 136 valence electrons. The Morgan fingerprint density at radius 2 is 1.55 bits per heavy atom. The molecule has 29 heavy (non-hydrogen) atoms. The summed E-state index contributed by atoms with van der Waals surface area (Å²) in [6, 6.07) is 20.7. The van der Waals surface area contributed by atoms with Crippen molar-refractivity contribution in [3.63, 3.8) is 0 Å². The molecule has 0 aliphatic heterocycles. The van der Waals surface area contributed by atoms with Crippen LogP contribution in [0.3, 0.4) is 0 Å². The molecule has 0 fully saturated rings. The van der Waals surface area contributed by atoms with Gasteiger partial charge in [-0.15, -0.1) is 5.10 Å². The first-order chi connectivity index (χ1) is 14.3. The van der Waals surface area contributed by atoms with Crippen LogP contribution in [0.4, 0.5) is 0 Å². The molecule has 0 bridgehead atoms. The summed E-state index contributed by atoms with van der Waals surface area (Å²) in [5.74, 6) is 1.86. The molecule has 5 rings (SSSR count). The van der Waals surface area contributed by atoms with Crippen LogP contribution >= 0.6 is 0 Å². The second kappa shape index (κ2) is 6.94. The van der Waals surface area contributed by atoms with Gasteiger partial charge in [0.1, 0.15) is 0 Å². The van der Waals surface area contributed by atoms with Crippen molar-refractivity contribution in [2.45, 2.75) is 0 Å². The van der Waals surface area contributed by atoms with Crippen LogP contribution in [-0.2, 0) is 0 Å². The average molecular weight is 375 g/mol. The topological polar surface area (TPSA) is 93.2 Å². The number of hydrogen-bond acceptors (Lipinski definition) is 6. The van der Waals surface area contributed by atoms with Crippen LogP contribution < -0.4 is 0 Å². The van der Waals surface area contributed by atoms with Crippen LogP contribution in [0.5, 0.6) is 0 Å². The zero-order valence-electron chi connectivity index (χ0n) is 15.1. The molecule has 3 aromatic heterocycles. The molecule has 3 heterocycles. The van der Waals surface area contributed by atoms with E-state index in [4.69, 9.17) is 10.2 Å². The standard InChI is InChI=1S/C22H13N7/c23-14-15-4-6-16(7-5-15)21-27-22(29(28-21)20-3-1-2-10-26-20)17-8-9-18-19(13-17)25-12-11-24-18/h1-13H. The summed E-state index contributed by atoms with van der Waals surface area (Å²) in [6.07, 6.45) is 5.05. The number of hydrogen-bond donors (Lipinski definition) is 0. The van der Waals surface area contributed by atoms with Crippen molar-refractivity contribution in [1.29, 1.82) is 5.26 Å². The molecule has 0 unspecified atom stereocenters. The molecule has 7 heteroatoms. The van der Waals surface area contributed by atoms with Gasteiger partial charge < -0.3 is 0 Å². The van der Waals surface area contributed by atoms with Gasteiger partial charge >= 0.3 is 0 Å². The molecule has 0 N–H and O–H groups in total. The molecule has 0 saturated carbocycles. The zero-order chi connectivity index (χ0) is 19.6. The highest BCUT2D eigenvalue weighted by atomic mass is 15.4. The number of nitrogens with zero attached hydrogens (tertiary/aromatic N) is 7. The Kier molecular flexibility index (Phi) is 4.00. The van der Waals surface area contributed by atoms with E-state index in [0.717, 1.165) is 22.2 Å². The van der Waals surface area contributed by atoms with Gasteiger partial charge in [-0.3, -0.25) is 9.97 Å². The molecule has 0 amide bonds. The van der Waals surface area contributed by atoms with Gasteiger partial charge in [0.2, 0.25) is 0 Å². The molecular formula is C22H13N7. The molecule has 0 aliphatic rings. The van der Waals surface area contributed by atoms with Crippen LogP contribution in [0, 0.1) is 11.3 Å². The quantitative estimate of drug-likeness (QED) is 0.476. The first-order valence-corrected chi connectivity index (χ1v) is 8.92. The van der Waals surface area contributed by atoms with Crippen molar-refractivity contribution in [2.24, 2.45) is 0 Å². The second-order valence-corrected chi connectivity index (χ2v) is 6.31. The third kappa shape index (κ3) is 3.09. The highest BCUT2D eigenvalue weighted by Gasteiger charge is 2.16. The van der Waals surface area contributed by atoms with E-state index in [1.807, 2.05) is 48.5 Å². The summed E-state index contributed by atoms with van der Waals surface area (Å²) < 4.78 is 1.71. The Labute approximate surface area is 166 Å². The number of nitriles is 1. The van der Waals surface area contributed by atoms with E-state index >= 15 is 0 Å². The number of fused-ring (bicyclic) bond motifs is 1. The van der Waals surface area contributed by atoms with Gasteiger partial charge in [-0.2, -0.15) is 9.94 Å². The van der Waals surface area contributed by atoms with E-state index < -0.39 is 0 Å². The van der Waals surface area contributed by atoms with E-state index in [0.29, 0.717) is 23.0 Å². The predicted molar refractivity (Wildman–Crippen MR) is 108 cm³/mol. The van der Waals surface area contributed by atoms with Gasteiger partial charge in [0, 0.05) is 29.7 Å². The van der Waals surface area contributed by atoms with Crippen LogP contribution in [0.25, 0.3) is 39.6 Å². The van der Waals surface area contributed by atoms with Crippen LogP contribution in [0.1, 0.15) is 5.56 Å². The van der Waals surface area contributed by atoms with Crippen molar-refractivity contribution >= 4 is 11.0 Å². The fourth-order valence-corrected chi connectivity index (χ4v) is 3.06. The van der Waals surface area contributed by atoms with E-state index in [1.165, 1.54) is 0 Å². The Morgan fingerprint density at radius 1 is 0.759 bits per heavy atom. The zero-order valence-corrected chi connectivity index (χ0v) is 15.1. The number of pyridine rings is 1. The molecule has 0 atom stereocenters. The van der Waals surface area contributed by atoms with Crippen LogP contribution in [0.15, 0.2) is 79.3 Å². The Morgan fingerprint density at radius 3 is 2.31 bits per heavy atom. The number of aromatic nitrogens is 6. The Bertz CT molecular complexity index is 1350. The minimum Gasteiger partial charge on any atom is -0.253 e. The van der Waals surface area contributed by atoms with Crippen molar-refractivity contribution in [2.75, 3.05) is 0 Å². The third-order valence-electron chi connectivity index (χ3n) is 4.47. The fourth-order valence-electron chi connectivity index (χ4n) is 3.06. The van der Waals surface area contributed by atoms with Gasteiger partial charge in [-0.1, -0.05) is 6.07 Å². The molecule has 0 spiro atoms. The fraction of sp³-hybridized carbons (Fsp3) is 0. The molecule has 0 saturated heterocycles. The summed E-state index contributed by atoms with van der Waals surface area (Å²) >= 11 is 0. The molecular weight excluding hydrogens is 362 g/mol. The Balaban J connectivity index is 1.69.